The Morgan fingerprint density at radius 1 is 1.03 bits per heavy atom. The maximum atomic E-state index is 13.5. The van der Waals surface area contributed by atoms with Crippen LogP contribution in [0.2, 0.25) is 0 Å². The van der Waals surface area contributed by atoms with E-state index in [-0.39, 0.29) is 41.4 Å². The van der Waals surface area contributed by atoms with Gasteiger partial charge >= 0.3 is 0 Å². The highest BCUT2D eigenvalue weighted by molar-refractivity contribution is 7.90. The largest absolute Gasteiger partial charge is 0.371 e. The molecule has 0 bridgehead atoms. The van der Waals surface area contributed by atoms with Crippen molar-refractivity contribution in [2.24, 2.45) is 7.05 Å². The molecule has 1 aromatic heterocycles. The van der Waals surface area contributed by atoms with Gasteiger partial charge in [0.2, 0.25) is 0 Å². The summed E-state index contributed by atoms with van der Waals surface area (Å²) in [6.07, 6.45) is 3.53. The third-order valence-corrected chi connectivity index (χ3v) is 8.48. The van der Waals surface area contributed by atoms with E-state index in [0.717, 1.165) is 17.4 Å². The molecule has 1 aliphatic rings. The molecule has 176 valence electrons. The zero-order valence-electron chi connectivity index (χ0n) is 18.1. The van der Waals surface area contributed by atoms with Gasteiger partial charge in [0, 0.05) is 38.5 Å². The third-order valence-electron chi connectivity index (χ3n) is 5.63. The highest BCUT2D eigenvalue weighted by Crippen LogP contribution is 2.33. The fourth-order valence-electron chi connectivity index (χ4n) is 3.83. The Morgan fingerprint density at radius 2 is 1.70 bits per heavy atom. The van der Waals surface area contributed by atoms with Gasteiger partial charge in [-0.05, 0) is 35.4 Å². The molecule has 0 saturated carbocycles. The first-order chi connectivity index (χ1) is 15.5. The number of imidazole rings is 1. The predicted octanol–water partition coefficient (Wildman–Crippen LogP) is 2.34. The molecule has 3 aromatic rings. The number of benzene rings is 2. The third kappa shape index (κ3) is 5.16. The quantitative estimate of drug-likeness (QED) is 0.501. The van der Waals surface area contributed by atoms with Gasteiger partial charge in [-0.3, -0.25) is 0 Å². The molecule has 4 rings (SSSR count). The molecule has 33 heavy (non-hydrogen) atoms. The van der Waals surface area contributed by atoms with E-state index in [0.29, 0.717) is 0 Å². The molecule has 2 atom stereocenters. The molecule has 1 aliphatic heterocycles. The second-order valence-corrected chi connectivity index (χ2v) is 12.0. The van der Waals surface area contributed by atoms with E-state index < -0.39 is 26.0 Å². The van der Waals surface area contributed by atoms with Crippen molar-refractivity contribution in [3.8, 4) is 0 Å². The lowest BCUT2D eigenvalue weighted by molar-refractivity contribution is 0.0407. The summed E-state index contributed by atoms with van der Waals surface area (Å²) in [5, 5.41) is -0.0418. The van der Waals surface area contributed by atoms with Crippen molar-refractivity contribution >= 4 is 19.9 Å². The maximum Gasteiger partial charge on any atom is 0.262 e. The smallest absolute Gasteiger partial charge is 0.262 e. The van der Waals surface area contributed by atoms with E-state index in [9.17, 15) is 21.2 Å². The molecule has 11 heteroatoms. The van der Waals surface area contributed by atoms with E-state index in [2.05, 4.69) is 4.98 Å². The average Bonchev–Trinajstić information content (AvgIpc) is 3.40. The molecule has 0 radical (unpaired) electrons. The van der Waals surface area contributed by atoms with Crippen LogP contribution >= 0.6 is 0 Å². The summed E-state index contributed by atoms with van der Waals surface area (Å²) in [6, 6.07) is 12.3. The van der Waals surface area contributed by atoms with E-state index in [1.165, 1.54) is 41.1 Å². The fraction of sp³-hybridized carbons (Fsp3) is 0.318. The molecule has 2 unspecified atom stereocenters. The number of aryl methyl sites for hydroxylation is 1. The Balaban J connectivity index is 1.56. The van der Waals surface area contributed by atoms with Crippen molar-refractivity contribution in [3.63, 3.8) is 0 Å². The second-order valence-electron chi connectivity index (χ2n) is 8.12. The molecule has 2 heterocycles. The first-order valence-electron chi connectivity index (χ1n) is 10.2. The summed E-state index contributed by atoms with van der Waals surface area (Å²) in [5.41, 5.74) is 1.53. The van der Waals surface area contributed by atoms with Gasteiger partial charge in [0.15, 0.2) is 14.9 Å². The molecule has 0 amide bonds. The monoisotopic (exact) mass is 493 g/mol. The van der Waals surface area contributed by atoms with Crippen LogP contribution in [0.5, 0.6) is 0 Å². The van der Waals surface area contributed by atoms with Gasteiger partial charge in [-0.2, -0.15) is 4.31 Å². The molecule has 0 spiro atoms. The van der Waals surface area contributed by atoms with Crippen LogP contribution in [0.15, 0.2) is 71.0 Å². The number of nitrogens with zero attached hydrogens (tertiary/aromatic N) is 3. The lowest BCUT2D eigenvalue weighted by atomic mass is 9.96. The lowest BCUT2D eigenvalue weighted by Crippen LogP contribution is -2.30. The van der Waals surface area contributed by atoms with Crippen LogP contribution in [0.4, 0.5) is 4.39 Å². The Hall–Kier alpha value is -2.60. The maximum absolute atomic E-state index is 13.5. The lowest BCUT2D eigenvalue weighted by Gasteiger charge is -2.19. The van der Waals surface area contributed by atoms with Crippen LogP contribution < -0.4 is 0 Å². The zero-order chi connectivity index (χ0) is 23.8. The van der Waals surface area contributed by atoms with E-state index >= 15 is 0 Å². The standard InChI is InChI=1S/C22H24FN3O5S2/c1-25-13-22(24-15-25)33(29,30)26-11-20(17-5-7-18(23)8-6-17)21(12-26)31-14-16-3-9-19(10-4-16)32(2,27)28/h3-10,13,15,20-21H,11-12,14H2,1-2H3. The van der Waals surface area contributed by atoms with E-state index in [1.54, 1.807) is 35.9 Å². The van der Waals surface area contributed by atoms with Gasteiger partial charge < -0.3 is 9.30 Å². The Kier molecular flexibility index (Phi) is 6.41. The minimum absolute atomic E-state index is 0.0418. The molecule has 0 aliphatic carbocycles. The predicted molar refractivity (Wildman–Crippen MR) is 119 cm³/mol. The van der Waals surface area contributed by atoms with Crippen molar-refractivity contribution in [2.75, 3.05) is 19.3 Å². The molecule has 8 nitrogen and oxygen atoms in total. The highest BCUT2D eigenvalue weighted by Gasteiger charge is 2.41. The van der Waals surface area contributed by atoms with Crippen molar-refractivity contribution in [3.05, 3.63) is 78.0 Å². The number of sulfonamides is 1. The van der Waals surface area contributed by atoms with Gasteiger partial charge in [0.05, 0.1) is 23.9 Å². The van der Waals surface area contributed by atoms with Gasteiger partial charge in [0.25, 0.3) is 10.0 Å². The molecular formula is C22H24FN3O5S2. The Bertz CT molecular complexity index is 1340. The summed E-state index contributed by atoms with van der Waals surface area (Å²) < 4.78 is 72.0. The minimum atomic E-state index is -3.82. The van der Waals surface area contributed by atoms with Gasteiger partial charge in [-0.1, -0.05) is 24.3 Å². The van der Waals surface area contributed by atoms with Crippen LogP contribution in [-0.2, 0) is 38.3 Å². The Labute approximate surface area is 192 Å². The van der Waals surface area contributed by atoms with Crippen LogP contribution in [0.25, 0.3) is 0 Å². The normalized spacial score (nSPS) is 19.7. The van der Waals surface area contributed by atoms with E-state index in [1.807, 2.05) is 0 Å². The zero-order valence-corrected chi connectivity index (χ0v) is 19.8. The van der Waals surface area contributed by atoms with Crippen molar-refractivity contribution < 1.29 is 26.0 Å². The first-order valence-corrected chi connectivity index (χ1v) is 13.5. The summed E-state index contributed by atoms with van der Waals surface area (Å²) in [7, 11) is -5.43. The Morgan fingerprint density at radius 3 is 2.27 bits per heavy atom. The van der Waals surface area contributed by atoms with Crippen molar-refractivity contribution in [1.82, 2.24) is 13.9 Å². The molecular weight excluding hydrogens is 469 g/mol. The van der Waals surface area contributed by atoms with Crippen molar-refractivity contribution in [1.29, 1.82) is 0 Å². The number of ether oxygens (including phenoxy) is 1. The van der Waals surface area contributed by atoms with Crippen LogP contribution in [0.3, 0.4) is 0 Å². The van der Waals surface area contributed by atoms with Gasteiger partial charge in [-0.25, -0.2) is 26.2 Å². The summed E-state index contributed by atoms with van der Waals surface area (Å²) in [4.78, 5) is 4.19. The summed E-state index contributed by atoms with van der Waals surface area (Å²) in [5.74, 6) is -0.683. The minimum Gasteiger partial charge on any atom is -0.371 e. The SMILES string of the molecule is Cn1cnc(S(=O)(=O)N2CC(OCc3ccc(S(C)(=O)=O)cc3)C(c3ccc(F)cc3)C2)c1. The second kappa shape index (κ2) is 8.98. The first kappa shape index (κ1) is 23.6. The number of sulfone groups is 1. The average molecular weight is 494 g/mol. The summed E-state index contributed by atoms with van der Waals surface area (Å²) >= 11 is 0. The van der Waals surface area contributed by atoms with Gasteiger partial charge in [-0.15, -0.1) is 0 Å². The number of hydrogen-bond acceptors (Lipinski definition) is 6. The number of hydrogen-bond donors (Lipinski definition) is 0. The number of rotatable bonds is 7. The summed E-state index contributed by atoms with van der Waals surface area (Å²) in [6.45, 7) is 0.453. The van der Waals surface area contributed by atoms with Crippen LogP contribution in [-0.4, -0.2) is 56.1 Å². The van der Waals surface area contributed by atoms with Crippen LogP contribution in [0, 0.1) is 5.82 Å². The molecule has 0 N–H and O–H groups in total. The highest BCUT2D eigenvalue weighted by atomic mass is 32.2. The number of halogens is 1. The van der Waals surface area contributed by atoms with E-state index in [4.69, 9.17) is 4.74 Å². The number of aromatic nitrogens is 2. The fourth-order valence-corrected chi connectivity index (χ4v) is 5.90. The molecule has 2 aromatic carbocycles. The molecule has 1 fully saturated rings. The van der Waals surface area contributed by atoms with Crippen LogP contribution in [0.1, 0.15) is 17.0 Å². The van der Waals surface area contributed by atoms with Gasteiger partial charge in [0.1, 0.15) is 5.82 Å². The molecule has 1 saturated heterocycles. The van der Waals surface area contributed by atoms with Crippen molar-refractivity contribution in [2.45, 2.75) is 28.6 Å². The topological polar surface area (TPSA) is 98.6 Å².